The van der Waals surface area contributed by atoms with Crippen molar-refractivity contribution in [3.05, 3.63) is 28.8 Å². The van der Waals surface area contributed by atoms with E-state index in [1.54, 1.807) is 18.2 Å². The number of aliphatic hydroxyl groups is 1. The lowest BCUT2D eigenvalue weighted by molar-refractivity contribution is 0.0641. The molecule has 3 nitrogen and oxygen atoms in total. The highest BCUT2D eigenvalue weighted by molar-refractivity contribution is 7.80. The van der Waals surface area contributed by atoms with Gasteiger partial charge in [-0.3, -0.25) is 4.79 Å². The zero-order valence-electron chi connectivity index (χ0n) is 9.24. The molecule has 2 N–H and O–H groups in total. The number of carbonyl (C=O) groups excluding carboxylic acids is 1. The van der Waals surface area contributed by atoms with Gasteiger partial charge >= 0.3 is 0 Å². The standard InChI is InChI=1S/C12H14ClNO2S/c13-10-3-2-8(17)6-9(10)11(16)14-12(7-15)4-1-5-12/h2-3,6,15,17H,1,4-5,7H2,(H,14,16). The van der Waals surface area contributed by atoms with Crippen LogP contribution in [0.4, 0.5) is 0 Å². The van der Waals surface area contributed by atoms with Gasteiger partial charge in [0, 0.05) is 4.90 Å². The molecule has 1 fully saturated rings. The molecule has 0 unspecified atom stereocenters. The third kappa shape index (κ3) is 2.59. The monoisotopic (exact) mass is 271 g/mol. The van der Waals surface area contributed by atoms with Crippen molar-refractivity contribution in [2.45, 2.75) is 29.7 Å². The molecule has 1 aliphatic carbocycles. The Morgan fingerprint density at radius 1 is 1.53 bits per heavy atom. The van der Waals surface area contributed by atoms with Gasteiger partial charge in [-0.2, -0.15) is 0 Å². The minimum atomic E-state index is -0.451. The second-order valence-electron chi connectivity index (χ2n) is 4.41. The van der Waals surface area contributed by atoms with Crippen LogP contribution in [0.5, 0.6) is 0 Å². The first kappa shape index (κ1) is 12.7. The van der Waals surface area contributed by atoms with E-state index in [2.05, 4.69) is 17.9 Å². The van der Waals surface area contributed by atoms with Crippen LogP contribution in [0.15, 0.2) is 23.1 Å². The zero-order chi connectivity index (χ0) is 12.5. The van der Waals surface area contributed by atoms with Gasteiger partial charge < -0.3 is 10.4 Å². The third-order valence-corrected chi connectivity index (χ3v) is 3.79. The summed E-state index contributed by atoms with van der Waals surface area (Å²) < 4.78 is 0. The first-order chi connectivity index (χ1) is 8.06. The first-order valence-corrected chi connectivity index (χ1v) is 6.31. The number of nitrogens with one attached hydrogen (secondary N) is 1. The Morgan fingerprint density at radius 2 is 2.24 bits per heavy atom. The number of amides is 1. The molecule has 0 spiro atoms. The minimum absolute atomic E-state index is 0.0308. The fraction of sp³-hybridized carbons (Fsp3) is 0.417. The summed E-state index contributed by atoms with van der Waals surface area (Å²) in [6.07, 6.45) is 2.65. The van der Waals surface area contributed by atoms with Crippen LogP contribution in [0.1, 0.15) is 29.6 Å². The van der Waals surface area contributed by atoms with Crippen LogP contribution in [0.3, 0.4) is 0 Å². The van der Waals surface area contributed by atoms with E-state index in [0.717, 1.165) is 19.3 Å². The van der Waals surface area contributed by atoms with Gasteiger partial charge in [0.25, 0.3) is 5.91 Å². The van der Waals surface area contributed by atoms with Gasteiger partial charge in [0.2, 0.25) is 0 Å². The zero-order valence-corrected chi connectivity index (χ0v) is 10.9. The van der Waals surface area contributed by atoms with E-state index >= 15 is 0 Å². The van der Waals surface area contributed by atoms with Crippen molar-refractivity contribution in [1.82, 2.24) is 5.32 Å². The van der Waals surface area contributed by atoms with Crippen LogP contribution >= 0.6 is 24.2 Å². The number of benzene rings is 1. The summed E-state index contributed by atoms with van der Waals surface area (Å²) in [5.74, 6) is -0.250. The van der Waals surface area contributed by atoms with E-state index in [4.69, 9.17) is 11.6 Å². The fourth-order valence-corrected chi connectivity index (χ4v) is 2.33. The molecular formula is C12H14ClNO2S. The lowest BCUT2D eigenvalue weighted by atomic mass is 9.77. The topological polar surface area (TPSA) is 49.3 Å². The van der Waals surface area contributed by atoms with Gasteiger partial charge in [0.05, 0.1) is 22.7 Å². The van der Waals surface area contributed by atoms with Crippen molar-refractivity contribution in [3.8, 4) is 0 Å². The number of halogens is 1. The summed E-state index contributed by atoms with van der Waals surface area (Å²) >= 11 is 10.1. The summed E-state index contributed by atoms with van der Waals surface area (Å²) in [7, 11) is 0. The summed E-state index contributed by atoms with van der Waals surface area (Å²) in [5.41, 5.74) is -0.0496. The van der Waals surface area contributed by atoms with E-state index in [-0.39, 0.29) is 12.5 Å². The number of aliphatic hydroxyl groups excluding tert-OH is 1. The van der Waals surface area contributed by atoms with Gasteiger partial charge in [-0.25, -0.2) is 0 Å². The maximum absolute atomic E-state index is 12.0. The Labute approximate surface area is 111 Å². The van der Waals surface area contributed by atoms with E-state index in [0.29, 0.717) is 15.5 Å². The first-order valence-electron chi connectivity index (χ1n) is 5.48. The Balaban J connectivity index is 2.17. The summed E-state index contributed by atoms with van der Waals surface area (Å²) in [5, 5.41) is 12.5. The van der Waals surface area contributed by atoms with E-state index in [9.17, 15) is 9.90 Å². The maximum Gasteiger partial charge on any atom is 0.253 e. The SMILES string of the molecule is O=C(NC1(CO)CCC1)c1cc(S)ccc1Cl. The molecule has 1 saturated carbocycles. The molecule has 0 heterocycles. The minimum Gasteiger partial charge on any atom is -0.394 e. The summed E-state index contributed by atoms with van der Waals surface area (Å²) in [6.45, 7) is -0.0308. The van der Waals surface area contributed by atoms with Gasteiger partial charge in [-0.15, -0.1) is 12.6 Å². The average Bonchev–Trinajstić information content (AvgIpc) is 2.26. The van der Waals surface area contributed by atoms with Crippen molar-refractivity contribution in [3.63, 3.8) is 0 Å². The highest BCUT2D eigenvalue weighted by Crippen LogP contribution is 2.32. The second-order valence-corrected chi connectivity index (χ2v) is 5.33. The van der Waals surface area contributed by atoms with Crippen LogP contribution in [0, 0.1) is 0 Å². The lowest BCUT2D eigenvalue weighted by Crippen LogP contribution is -2.56. The summed E-state index contributed by atoms with van der Waals surface area (Å²) in [4.78, 5) is 12.7. The number of hydrogen-bond donors (Lipinski definition) is 3. The Hall–Kier alpha value is -0.710. The van der Waals surface area contributed by atoms with Crippen molar-refractivity contribution in [2.75, 3.05) is 6.61 Å². The number of hydrogen-bond acceptors (Lipinski definition) is 3. The highest BCUT2D eigenvalue weighted by Gasteiger charge is 2.38. The molecule has 2 rings (SSSR count). The van der Waals surface area contributed by atoms with Crippen molar-refractivity contribution in [2.24, 2.45) is 0 Å². The quantitative estimate of drug-likeness (QED) is 0.739. The molecule has 1 amide bonds. The maximum atomic E-state index is 12.0. The van der Waals surface area contributed by atoms with E-state index in [1.165, 1.54) is 0 Å². The van der Waals surface area contributed by atoms with Crippen LogP contribution < -0.4 is 5.32 Å². The molecule has 0 bridgehead atoms. The van der Waals surface area contributed by atoms with Crippen molar-refractivity contribution in [1.29, 1.82) is 0 Å². The van der Waals surface area contributed by atoms with Crippen LogP contribution in [0.25, 0.3) is 0 Å². The predicted molar refractivity (Wildman–Crippen MR) is 69.8 cm³/mol. The molecule has 0 atom stereocenters. The van der Waals surface area contributed by atoms with Crippen LogP contribution in [-0.4, -0.2) is 23.2 Å². The predicted octanol–water partition coefficient (Wildman–Crippen LogP) is 2.27. The van der Waals surface area contributed by atoms with E-state index in [1.807, 2.05) is 0 Å². The molecular weight excluding hydrogens is 258 g/mol. The molecule has 1 aliphatic rings. The second kappa shape index (κ2) is 4.88. The Bertz CT molecular complexity index is 441. The Kier molecular flexibility index (Phi) is 3.66. The largest absolute Gasteiger partial charge is 0.394 e. The summed E-state index contributed by atoms with van der Waals surface area (Å²) in [6, 6.07) is 5.00. The number of thiol groups is 1. The van der Waals surface area contributed by atoms with Gasteiger partial charge in [-0.1, -0.05) is 11.6 Å². The molecule has 92 valence electrons. The molecule has 5 heteroatoms. The molecule has 0 aromatic heterocycles. The van der Waals surface area contributed by atoms with E-state index < -0.39 is 5.54 Å². The number of carbonyl (C=O) groups is 1. The average molecular weight is 272 g/mol. The van der Waals surface area contributed by atoms with Gasteiger partial charge in [0.1, 0.15) is 0 Å². The van der Waals surface area contributed by atoms with Gasteiger partial charge in [-0.05, 0) is 37.5 Å². The molecule has 1 aromatic rings. The fourth-order valence-electron chi connectivity index (χ4n) is 1.92. The van der Waals surface area contributed by atoms with Gasteiger partial charge in [0.15, 0.2) is 0 Å². The highest BCUT2D eigenvalue weighted by atomic mass is 35.5. The lowest BCUT2D eigenvalue weighted by Gasteiger charge is -2.41. The molecule has 1 aromatic carbocycles. The van der Waals surface area contributed by atoms with Crippen molar-refractivity contribution < 1.29 is 9.90 Å². The molecule has 17 heavy (non-hydrogen) atoms. The van der Waals surface area contributed by atoms with Crippen molar-refractivity contribution >= 4 is 30.1 Å². The molecule has 0 aliphatic heterocycles. The third-order valence-electron chi connectivity index (χ3n) is 3.19. The normalized spacial score (nSPS) is 17.4. The molecule has 0 saturated heterocycles. The number of rotatable bonds is 3. The smallest absolute Gasteiger partial charge is 0.253 e. The molecule has 0 radical (unpaired) electrons. The Morgan fingerprint density at radius 3 is 2.76 bits per heavy atom. The van der Waals surface area contributed by atoms with Crippen LogP contribution in [0.2, 0.25) is 5.02 Å². The van der Waals surface area contributed by atoms with Crippen LogP contribution in [-0.2, 0) is 0 Å².